The Morgan fingerprint density at radius 3 is 2.50 bits per heavy atom. The summed E-state index contributed by atoms with van der Waals surface area (Å²) in [6.07, 6.45) is 4.95. The molecule has 3 heteroatoms. The molecule has 2 bridgehead atoms. The summed E-state index contributed by atoms with van der Waals surface area (Å²) in [6.45, 7) is 6.60. The van der Waals surface area contributed by atoms with Crippen LogP contribution in [0.25, 0.3) is 0 Å². The molecular weight excluding hydrogens is 266 g/mol. The quantitative estimate of drug-likeness (QED) is 0.922. The average molecular weight is 291 g/mol. The van der Waals surface area contributed by atoms with Crippen molar-refractivity contribution in [2.24, 2.45) is 29.6 Å². The smallest absolute Gasteiger partial charge is 0.0954 e. The van der Waals surface area contributed by atoms with Crippen molar-refractivity contribution >= 4 is 11.3 Å². The van der Waals surface area contributed by atoms with Gasteiger partial charge < -0.3 is 5.11 Å². The highest BCUT2D eigenvalue weighted by Gasteiger charge is 2.66. The molecule has 4 rings (SSSR count). The van der Waals surface area contributed by atoms with Gasteiger partial charge in [-0.05, 0) is 48.9 Å². The number of nitrogens with zero attached hydrogens (tertiary/aromatic N) is 1. The van der Waals surface area contributed by atoms with E-state index in [2.05, 4.69) is 26.2 Å². The number of aromatic nitrogens is 1. The van der Waals surface area contributed by atoms with Crippen molar-refractivity contribution in [3.8, 4) is 0 Å². The largest absolute Gasteiger partial charge is 0.392 e. The summed E-state index contributed by atoms with van der Waals surface area (Å²) >= 11 is 1.72. The van der Waals surface area contributed by atoms with E-state index < -0.39 is 0 Å². The van der Waals surface area contributed by atoms with Crippen LogP contribution >= 0.6 is 11.3 Å². The minimum atomic E-state index is -0.146. The maximum absolute atomic E-state index is 10.6. The lowest BCUT2D eigenvalue weighted by molar-refractivity contribution is 0.128. The molecule has 20 heavy (non-hydrogen) atoms. The van der Waals surface area contributed by atoms with Gasteiger partial charge >= 0.3 is 0 Å². The van der Waals surface area contributed by atoms with Crippen LogP contribution in [0.4, 0.5) is 0 Å². The van der Waals surface area contributed by atoms with Crippen LogP contribution in [-0.2, 0) is 11.8 Å². The van der Waals surface area contributed by atoms with Gasteiger partial charge in [0, 0.05) is 17.2 Å². The van der Waals surface area contributed by atoms with Gasteiger partial charge in [-0.2, -0.15) is 0 Å². The van der Waals surface area contributed by atoms with Gasteiger partial charge in [0.2, 0.25) is 0 Å². The van der Waals surface area contributed by atoms with E-state index in [9.17, 15) is 5.11 Å². The molecule has 110 valence electrons. The zero-order valence-electron chi connectivity index (χ0n) is 12.7. The summed E-state index contributed by atoms with van der Waals surface area (Å²) in [5, 5.41) is 13.9. The standard InChI is InChI=1S/C17H25NOS/c1-17(2,3)12-8-20-13(18-12)7-11(19)16-14-9-4-5-10(6-9)15(14)16/h8-11,14-16,19H,4-7H2,1-3H3. The van der Waals surface area contributed by atoms with Crippen LogP contribution in [0.3, 0.4) is 0 Å². The first-order valence-corrected chi connectivity index (χ1v) is 8.96. The molecule has 0 amide bonds. The molecule has 0 spiro atoms. The van der Waals surface area contributed by atoms with Gasteiger partial charge in [0.1, 0.15) is 0 Å². The van der Waals surface area contributed by atoms with Crippen molar-refractivity contribution < 1.29 is 5.11 Å². The molecule has 0 saturated heterocycles. The van der Waals surface area contributed by atoms with Crippen LogP contribution < -0.4 is 0 Å². The summed E-state index contributed by atoms with van der Waals surface area (Å²) in [5.41, 5.74) is 1.29. The van der Waals surface area contributed by atoms with Gasteiger partial charge in [0.05, 0.1) is 16.8 Å². The molecule has 1 N–H and O–H groups in total. The molecule has 1 heterocycles. The Morgan fingerprint density at radius 1 is 1.30 bits per heavy atom. The van der Waals surface area contributed by atoms with Gasteiger partial charge in [-0.25, -0.2) is 4.98 Å². The summed E-state index contributed by atoms with van der Waals surface area (Å²) in [6, 6.07) is 0. The number of hydrogen-bond acceptors (Lipinski definition) is 3. The second-order valence-electron chi connectivity index (χ2n) is 8.21. The third kappa shape index (κ3) is 1.97. The van der Waals surface area contributed by atoms with E-state index in [1.165, 1.54) is 25.0 Å². The molecule has 5 unspecified atom stereocenters. The Labute approximate surface area is 125 Å². The summed E-state index contributed by atoms with van der Waals surface area (Å²) in [4.78, 5) is 4.74. The zero-order valence-corrected chi connectivity index (χ0v) is 13.5. The van der Waals surface area contributed by atoms with Gasteiger partial charge in [-0.3, -0.25) is 0 Å². The minimum Gasteiger partial charge on any atom is -0.392 e. The first-order valence-electron chi connectivity index (χ1n) is 8.08. The lowest BCUT2D eigenvalue weighted by Crippen LogP contribution is -2.19. The summed E-state index contributed by atoms with van der Waals surface area (Å²) in [5.74, 6) is 4.23. The van der Waals surface area contributed by atoms with Gasteiger partial charge in [-0.15, -0.1) is 11.3 Å². The highest BCUT2D eigenvalue weighted by Crippen LogP contribution is 2.70. The van der Waals surface area contributed by atoms with Gasteiger partial charge in [0.25, 0.3) is 0 Å². The van der Waals surface area contributed by atoms with Crippen LogP contribution in [0.2, 0.25) is 0 Å². The number of aliphatic hydroxyl groups is 1. The van der Waals surface area contributed by atoms with Crippen molar-refractivity contribution in [2.75, 3.05) is 0 Å². The predicted molar refractivity (Wildman–Crippen MR) is 81.8 cm³/mol. The van der Waals surface area contributed by atoms with Crippen LogP contribution in [0.5, 0.6) is 0 Å². The maximum atomic E-state index is 10.6. The molecule has 3 fully saturated rings. The predicted octanol–water partition coefficient (Wildman–Crippen LogP) is 3.64. The number of thiazole rings is 1. The Hall–Kier alpha value is -0.410. The van der Waals surface area contributed by atoms with Gasteiger partial charge in [0.15, 0.2) is 0 Å². The zero-order chi connectivity index (χ0) is 14.1. The molecule has 1 aromatic rings. The van der Waals surface area contributed by atoms with Crippen molar-refractivity contribution in [1.29, 1.82) is 0 Å². The lowest BCUT2D eigenvalue weighted by Gasteiger charge is -2.15. The van der Waals surface area contributed by atoms with E-state index in [1.807, 2.05) is 0 Å². The molecule has 0 aliphatic heterocycles. The Balaban J connectivity index is 1.42. The normalized spacial score (nSPS) is 39.9. The van der Waals surface area contributed by atoms with Crippen LogP contribution in [0.15, 0.2) is 5.38 Å². The molecule has 2 nitrogen and oxygen atoms in total. The number of hydrogen-bond donors (Lipinski definition) is 1. The summed E-state index contributed by atoms with van der Waals surface area (Å²) < 4.78 is 0. The van der Waals surface area contributed by atoms with Crippen LogP contribution in [-0.4, -0.2) is 16.2 Å². The first kappa shape index (κ1) is 13.3. The second kappa shape index (κ2) is 4.30. The Morgan fingerprint density at radius 2 is 1.95 bits per heavy atom. The topological polar surface area (TPSA) is 33.1 Å². The lowest BCUT2D eigenvalue weighted by atomic mass is 9.93. The molecule has 0 aromatic carbocycles. The fourth-order valence-electron chi connectivity index (χ4n) is 4.97. The SMILES string of the molecule is CC(C)(C)c1csc(CC(O)C2C3C4CCC(C4)C23)n1. The fourth-order valence-corrected chi connectivity index (χ4v) is 6.04. The van der Waals surface area contributed by atoms with E-state index in [-0.39, 0.29) is 11.5 Å². The van der Waals surface area contributed by atoms with Gasteiger partial charge in [-0.1, -0.05) is 20.8 Å². The van der Waals surface area contributed by atoms with E-state index in [1.54, 1.807) is 11.3 Å². The van der Waals surface area contributed by atoms with Crippen LogP contribution in [0.1, 0.15) is 50.7 Å². The first-order chi connectivity index (χ1) is 9.45. The summed E-state index contributed by atoms with van der Waals surface area (Å²) in [7, 11) is 0. The second-order valence-corrected chi connectivity index (χ2v) is 9.16. The maximum Gasteiger partial charge on any atom is 0.0954 e. The third-order valence-electron chi connectivity index (χ3n) is 5.94. The van der Waals surface area contributed by atoms with Crippen molar-refractivity contribution in [3.05, 3.63) is 16.1 Å². The molecule has 3 aliphatic carbocycles. The fraction of sp³-hybridized carbons (Fsp3) is 0.824. The van der Waals surface area contributed by atoms with E-state index in [4.69, 9.17) is 4.98 Å². The number of aliphatic hydroxyl groups excluding tert-OH is 1. The molecule has 5 atom stereocenters. The monoisotopic (exact) mass is 291 g/mol. The van der Waals surface area contributed by atoms with Crippen molar-refractivity contribution in [3.63, 3.8) is 0 Å². The van der Waals surface area contributed by atoms with Crippen molar-refractivity contribution in [1.82, 2.24) is 4.98 Å². The average Bonchev–Trinajstić information content (AvgIpc) is 2.76. The molecule has 0 radical (unpaired) electrons. The molecule has 1 aromatic heterocycles. The van der Waals surface area contributed by atoms with E-state index in [0.717, 1.165) is 35.1 Å². The van der Waals surface area contributed by atoms with E-state index in [0.29, 0.717) is 5.92 Å². The molecule has 3 saturated carbocycles. The number of rotatable bonds is 3. The Bertz CT molecular complexity index is 501. The minimum absolute atomic E-state index is 0.120. The van der Waals surface area contributed by atoms with E-state index >= 15 is 0 Å². The van der Waals surface area contributed by atoms with Crippen molar-refractivity contribution in [2.45, 2.75) is 58.0 Å². The Kier molecular flexibility index (Phi) is 2.85. The highest BCUT2D eigenvalue weighted by molar-refractivity contribution is 7.09. The molecule has 3 aliphatic rings. The highest BCUT2D eigenvalue weighted by atomic mass is 32.1. The number of fused-ring (bicyclic) bond motifs is 5. The molecular formula is C17H25NOS. The van der Waals surface area contributed by atoms with Crippen LogP contribution in [0, 0.1) is 29.6 Å². The third-order valence-corrected chi connectivity index (χ3v) is 6.81.